The van der Waals surface area contributed by atoms with E-state index in [0.717, 1.165) is 25.9 Å². The van der Waals surface area contributed by atoms with Crippen molar-refractivity contribution in [2.24, 2.45) is 0 Å². The minimum atomic E-state index is -0.388. The summed E-state index contributed by atoms with van der Waals surface area (Å²) < 4.78 is 0. The third kappa shape index (κ3) is 10.3. The van der Waals surface area contributed by atoms with Gasteiger partial charge in [0.1, 0.15) is 0 Å². The molecule has 0 aromatic carbocycles. The van der Waals surface area contributed by atoms with Gasteiger partial charge in [-0.15, -0.1) is 0 Å². The molecular formula is C13H28N2O2. The van der Waals surface area contributed by atoms with Crippen LogP contribution in [0.5, 0.6) is 0 Å². The fourth-order valence-electron chi connectivity index (χ4n) is 1.40. The van der Waals surface area contributed by atoms with Gasteiger partial charge >= 0.3 is 0 Å². The van der Waals surface area contributed by atoms with Crippen LogP contribution >= 0.6 is 0 Å². The van der Waals surface area contributed by atoms with Gasteiger partial charge in [-0.3, -0.25) is 4.79 Å². The molecule has 0 aromatic rings. The molecule has 1 atom stereocenters. The quantitative estimate of drug-likeness (QED) is 0.603. The second kappa shape index (κ2) is 9.42. The molecule has 0 rings (SSSR count). The van der Waals surface area contributed by atoms with Crippen molar-refractivity contribution in [3.8, 4) is 0 Å². The molecule has 0 fully saturated rings. The maximum Gasteiger partial charge on any atom is 0.220 e. The highest BCUT2D eigenvalue weighted by molar-refractivity contribution is 5.75. The summed E-state index contributed by atoms with van der Waals surface area (Å²) in [5, 5.41) is 11.9. The summed E-state index contributed by atoms with van der Waals surface area (Å²) >= 11 is 0. The molecule has 0 heterocycles. The summed E-state index contributed by atoms with van der Waals surface area (Å²) in [6, 6.07) is 0.579. The second-order valence-electron chi connectivity index (χ2n) is 5.02. The van der Waals surface area contributed by atoms with Crippen LogP contribution in [0, 0.1) is 0 Å². The molecule has 102 valence electrons. The molecule has 1 amide bonds. The largest absolute Gasteiger partial charge is 0.393 e. The molecule has 2 N–H and O–H groups in total. The van der Waals surface area contributed by atoms with E-state index in [4.69, 9.17) is 5.11 Å². The molecule has 0 saturated heterocycles. The smallest absolute Gasteiger partial charge is 0.220 e. The molecule has 4 heteroatoms. The maximum atomic E-state index is 11.3. The number of nitrogens with one attached hydrogen (secondary N) is 1. The van der Waals surface area contributed by atoms with Gasteiger partial charge in [-0.05, 0) is 53.6 Å². The lowest BCUT2D eigenvalue weighted by Crippen LogP contribution is -2.29. The predicted octanol–water partition coefficient (Wildman–Crippen LogP) is 1.38. The zero-order chi connectivity index (χ0) is 13.3. The van der Waals surface area contributed by atoms with Crippen LogP contribution in [0.1, 0.15) is 46.5 Å². The number of aliphatic hydroxyl groups is 1. The topological polar surface area (TPSA) is 52.6 Å². The summed E-state index contributed by atoms with van der Waals surface area (Å²) in [6.45, 7) is 7.87. The lowest BCUT2D eigenvalue weighted by atomic mass is 10.2. The molecule has 17 heavy (non-hydrogen) atoms. The third-order valence-corrected chi connectivity index (χ3v) is 2.93. The van der Waals surface area contributed by atoms with Gasteiger partial charge in [-0.25, -0.2) is 0 Å². The molecule has 1 unspecified atom stereocenters. The minimum Gasteiger partial charge on any atom is -0.393 e. The molecular weight excluding hydrogens is 216 g/mol. The molecule has 4 nitrogen and oxygen atoms in total. The number of unbranched alkanes of at least 4 members (excludes halogenated alkanes) is 1. The Morgan fingerprint density at radius 2 is 1.94 bits per heavy atom. The van der Waals surface area contributed by atoms with Crippen LogP contribution in [0.2, 0.25) is 0 Å². The van der Waals surface area contributed by atoms with E-state index in [2.05, 4.69) is 31.1 Å². The van der Waals surface area contributed by atoms with E-state index in [-0.39, 0.29) is 12.0 Å². The van der Waals surface area contributed by atoms with Gasteiger partial charge in [0.25, 0.3) is 0 Å². The van der Waals surface area contributed by atoms with Crippen molar-refractivity contribution in [2.45, 2.75) is 58.6 Å². The van der Waals surface area contributed by atoms with Crippen LogP contribution in [0.25, 0.3) is 0 Å². The van der Waals surface area contributed by atoms with E-state index in [1.165, 1.54) is 0 Å². The normalized spacial score (nSPS) is 13.1. The van der Waals surface area contributed by atoms with E-state index < -0.39 is 0 Å². The Kier molecular flexibility index (Phi) is 9.09. The molecule has 0 bridgehead atoms. The number of amides is 1. The van der Waals surface area contributed by atoms with Crippen molar-refractivity contribution >= 4 is 5.91 Å². The van der Waals surface area contributed by atoms with Crippen molar-refractivity contribution in [3.63, 3.8) is 0 Å². The van der Waals surface area contributed by atoms with Gasteiger partial charge in [-0.2, -0.15) is 0 Å². The van der Waals surface area contributed by atoms with Crippen molar-refractivity contribution in [2.75, 3.05) is 20.1 Å². The summed E-state index contributed by atoms with van der Waals surface area (Å²) in [5.74, 6) is 0.0446. The SMILES string of the molecule is CC(O)CCC(=O)NCCCCN(C)C(C)C. The van der Waals surface area contributed by atoms with Gasteiger partial charge in [0.05, 0.1) is 6.10 Å². The van der Waals surface area contributed by atoms with Crippen LogP contribution in [0.4, 0.5) is 0 Å². The Morgan fingerprint density at radius 1 is 1.29 bits per heavy atom. The first-order chi connectivity index (χ1) is 7.93. The number of aliphatic hydroxyl groups excluding tert-OH is 1. The van der Waals surface area contributed by atoms with Gasteiger partial charge in [0.15, 0.2) is 0 Å². The summed E-state index contributed by atoms with van der Waals surface area (Å²) in [7, 11) is 2.12. The van der Waals surface area contributed by atoms with Gasteiger partial charge in [0, 0.05) is 19.0 Å². The van der Waals surface area contributed by atoms with Gasteiger partial charge in [0.2, 0.25) is 5.91 Å². The van der Waals surface area contributed by atoms with Crippen molar-refractivity contribution < 1.29 is 9.90 Å². The number of hydrogen-bond acceptors (Lipinski definition) is 3. The molecule has 0 radical (unpaired) electrons. The Labute approximate surface area is 105 Å². The second-order valence-corrected chi connectivity index (χ2v) is 5.02. The van der Waals surface area contributed by atoms with Gasteiger partial charge in [-0.1, -0.05) is 0 Å². The van der Waals surface area contributed by atoms with E-state index >= 15 is 0 Å². The third-order valence-electron chi connectivity index (χ3n) is 2.93. The van der Waals surface area contributed by atoms with Crippen LogP contribution in [-0.2, 0) is 4.79 Å². The number of hydrogen-bond donors (Lipinski definition) is 2. The monoisotopic (exact) mass is 244 g/mol. The number of carbonyl (C=O) groups is 1. The average molecular weight is 244 g/mol. The van der Waals surface area contributed by atoms with E-state index in [1.54, 1.807) is 6.92 Å². The lowest BCUT2D eigenvalue weighted by Gasteiger charge is -2.20. The molecule has 0 aliphatic heterocycles. The minimum absolute atomic E-state index is 0.0446. The zero-order valence-electron chi connectivity index (χ0n) is 11.7. The first-order valence-corrected chi connectivity index (χ1v) is 6.58. The lowest BCUT2D eigenvalue weighted by molar-refractivity contribution is -0.121. The predicted molar refractivity (Wildman–Crippen MR) is 70.9 cm³/mol. The molecule has 0 spiro atoms. The van der Waals surface area contributed by atoms with Crippen LogP contribution in [0.15, 0.2) is 0 Å². The fourth-order valence-corrected chi connectivity index (χ4v) is 1.40. The Bertz CT molecular complexity index is 206. The van der Waals surface area contributed by atoms with E-state index in [9.17, 15) is 4.79 Å². The highest BCUT2D eigenvalue weighted by Gasteiger charge is 2.04. The first kappa shape index (κ1) is 16.4. The summed E-state index contributed by atoms with van der Waals surface area (Å²) in [6.07, 6.45) is 2.69. The highest BCUT2D eigenvalue weighted by Crippen LogP contribution is 1.98. The van der Waals surface area contributed by atoms with E-state index in [1.807, 2.05) is 0 Å². The van der Waals surface area contributed by atoms with Crippen molar-refractivity contribution in [3.05, 3.63) is 0 Å². The van der Waals surface area contributed by atoms with Crippen LogP contribution in [0.3, 0.4) is 0 Å². The number of carbonyl (C=O) groups excluding carboxylic acids is 1. The molecule has 0 aromatic heterocycles. The number of nitrogens with zero attached hydrogens (tertiary/aromatic N) is 1. The van der Waals surface area contributed by atoms with Crippen LogP contribution in [-0.4, -0.2) is 48.2 Å². The number of rotatable bonds is 9. The Morgan fingerprint density at radius 3 is 2.47 bits per heavy atom. The maximum absolute atomic E-state index is 11.3. The van der Waals surface area contributed by atoms with E-state index in [0.29, 0.717) is 18.9 Å². The zero-order valence-corrected chi connectivity index (χ0v) is 11.7. The average Bonchev–Trinajstić information content (AvgIpc) is 2.25. The summed E-state index contributed by atoms with van der Waals surface area (Å²) in [4.78, 5) is 13.6. The Balaban J connectivity index is 3.36. The first-order valence-electron chi connectivity index (χ1n) is 6.58. The van der Waals surface area contributed by atoms with Gasteiger partial charge < -0.3 is 15.3 Å². The molecule has 0 aliphatic carbocycles. The fraction of sp³-hybridized carbons (Fsp3) is 0.923. The van der Waals surface area contributed by atoms with Crippen molar-refractivity contribution in [1.29, 1.82) is 0 Å². The standard InChI is InChI=1S/C13H28N2O2/c1-11(2)15(4)10-6-5-9-14-13(17)8-7-12(3)16/h11-12,16H,5-10H2,1-4H3,(H,14,17). The molecule has 0 saturated carbocycles. The molecule has 0 aliphatic rings. The Hall–Kier alpha value is -0.610. The highest BCUT2D eigenvalue weighted by atomic mass is 16.3. The van der Waals surface area contributed by atoms with Crippen LogP contribution < -0.4 is 5.32 Å². The summed E-state index contributed by atoms with van der Waals surface area (Å²) in [5.41, 5.74) is 0. The van der Waals surface area contributed by atoms with Crippen molar-refractivity contribution in [1.82, 2.24) is 10.2 Å².